The molecule has 0 aliphatic heterocycles. The molecule has 0 aliphatic rings. The molecule has 0 saturated carbocycles. The van der Waals surface area contributed by atoms with Crippen molar-refractivity contribution in [3.8, 4) is 0 Å². The fourth-order valence-electron chi connectivity index (χ4n) is 2.27. The van der Waals surface area contributed by atoms with Crippen LogP contribution in [-0.2, 0) is 19.9 Å². The largest absolute Gasteiger partial charge is 0.324 e. The standard InChI is InChI=1S/C12H21N3O4S2/c1-8-5-11(14-13)6-9(2)12(8)21(18,19)15-10(3)7-20(4,16)17/h5-6,10,14-15H,7,13H2,1-4H3. The Balaban J connectivity index is 3.15. The van der Waals surface area contributed by atoms with Gasteiger partial charge in [0.1, 0.15) is 9.84 Å². The van der Waals surface area contributed by atoms with Gasteiger partial charge in [-0.2, -0.15) is 0 Å². The number of hydrogen-bond acceptors (Lipinski definition) is 6. The Morgan fingerprint density at radius 1 is 1.14 bits per heavy atom. The van der Waals surface area contributed by atoms with Crippen LogP contribution < -0.4 is 16.0 Å². The van der Waals surface area contributed by atoms with Crippen molar-refractivity contribution in [1.29, 1.82) is 0 Å². The summed E-state index contributed by atoms with van der Waals surface area (Å²) in [7, 11) is -7.06. The summed E-state index contributed by atoms with van der Waals surface area (Å²) in [4.78, 5) is 0.141. The van der Waals surface area contributed by atoms with Crippen molar-refractivity contribution in [2.45, 2.75) is 31.7 Å². The van der Waals surface area contributed by atoms with Gasteiger partial charge in [0.15, 0.2) is 0 Å². The van der Waals surface area contributed by atoms with Crippen LogP contribution in [0.1, 0.15) is 18.1 Å². The molecule has 120 valence electrons. The number of rotatable bonds is 6. The summed E-state index contributed by atoms with van der Waals surface area (Å²) >= 11 is 0. The molecular formula is C12H21N3O4S2. The van der Waals surface area contributed by atoms with Gasteiger partial charge in [-0.3, -0.25) is 5.84 Å². The van der Waals surface area contributed by atoms with Gasteiger partial charge in [-0.25, -0.2) is 21.6 Å². The van der Waals surface area contributed by atoms with Crippen LogP contribution in [0.3, 0.4) is 0 Å². The summed E-state index contributed by atoms with van der Waals surface area (Å²) in [6, 6.07) is 2.52. The molecular weight excluding hydrogens is 314 g/mol. The first-order chi connectivity index (χ1) is 9.46. The maximum atomic E-state index is 12.4. The molecule has 0 spiro atoms. The van der Waals surface area contributed by atoms with E-state index in [1.54, 1.807) is 26.0 Å². The van der Waals surface area contributed by atoms with E-state index in [-0.39, 0.29) is 10.6 Å². The van der Waals surface area contributed by atoms with E-state index in [0.29, 0.717) is 16.8 Å². The van der Waals surface area contributed by atoms with Crippen LogP contribution in [0.4, 0.5) is 5.69 Å². The van der Waals surface area contributed by atoms with Crippen LogP contribution in [-0.4, -0.2) is 34.9 Å². The highest BCUT2D eigenvalue weighted by atomic mass is 32.2. The summed E-state index contributed by atoms with van der Waals surface area (Å²) in [5.41, 5.74) is 4.13. The molecule has 0 fully saturated rings. The molecule has 9 heteroatoms. The number of sulfone groups is 1. The minimum absolute atomic E-state index is 0.141. The van der Waals surface area contributed by atoms with Gasteiger partial charge in [-0.1, -0.05) is 0 Å². The summed E-state index contributed by atoms with van der Waals surface area (Å²) in [6.45, 7) is 4.83. The predicted molar refractivity (Wildman–Crippen MR) is 83.2 cm³/mol. The van der Waals surface area contributed by atoms with Crippen LogP contribution in [0.5, 0.6) is 0 Å². The predicted octanol–water partition coefficient (Wildman–Crippen LogP) is 0.300. The van der Waals surface area contributed by atoms with Gasteiger partial charge in [-0.15, -0.1) is 0 Å². The number of sulfonamides is 1. The molecule has 1 aromatic carbocycles. The summed E-state index contributed by atoms with van der Waals surface area (Å²) in [6.07, 6.45) is 1.07. The molecule has 7 nitrogen and oxygen atoms in total. The molecule has 0 heterocycles. The lowest BCUT2D eigenvalue weighted by atomic mass is 10.1. The molecule has 0 aliphatic carbocycles. The van der Waals surface area contributed by atoms with Gasteiger partial charge in [0.2, 0.25) is 10.0 Å². The van der Waals surface area contributed by atoms with E-state index >= 15 is 0 Å². The zero-order valence-electron chi connectivity index (χ0n) is 12.5. The third kappa shape index (κ3) is 4.95. The van der Waals surface area contributed by atoms with Crippen molar-refractivity contribution in [3.05, 3.63) is 23.3 Å². The Bertz CT molecular complexity index is 704. The lowest BCUT2D eigenvalue weighted by Crippen LogP contribution is -2.37. The number of hydrazine groups is 1. The Hall–Kier alpha value is -1.16. The van der Waals surface area contributed by atoms with Crippen LogP contribution >= 0.6 is 0 Å². The van der Waals surface area contributed by atoms with Crippen molar-refractivity contribution in [2.75, 3.05) is 17.4 Å². The van der Waals surface area contributed by atoms with Gasteiger partial charge in [-0.05, 0) is 44.0 Å². The van der Waals surface area contributed by atoms with Crippen molar-refractivity contribution in [3.63, 3.8) is 0 Å². The lowest BCUT2D eigenvalue weighted by Gasteiger charge is -2.17. The highest BCUT2D eigenvalue weighted by Crippen LogP contribution is 2.24. The Labute approximate surface area is 125 Å². The fourth-order valence-corrected chi connectivity index (χ4v) is 5.06. The summed E-state index contributed by atoms with van der Waals surface area (Å²) in [5, 5.41) is 0. The van der Waals surface area contributed by atoms with Gasteiger partial charge >= 0.3 is 0 Å². The maximum absolute atomic E-state index is 12.4. The van der Waals surface area contributed by atoms with Crippen molar-refractivity contribution in [2.24, 2.45) is 5.84 Å². The van der Waals surface area contributed by atoms with Gasteiger partial charge in [0, 0.05) is 18.0 Å². The van der Waals surface area contributed by atoms with E-state index in [1.807, 2.05) is 0 Å². The molecule has 0 saturated heterocycles. The number of nitrogens with one attached hydrogen (secondary N) is 2. The summed E-state index contributed by atoms with van der Waals surface area (Å²) < 4.78 is 49.7. The normalized spacial score (nSPS) is 14.0. The Morgan fingerprint density at radius 2 is 1.62 bits per heavy atom. The molecule has 21 heavy (non-hydrogen) atoms. The Kier molecular flexibility index (Phi) is 5.37. The minimum atomic E-state index is -3.80. The molecule has 0 amide bonds. The average Bonchev–Trinajstić information content (AvgIpc) is 2.23. The maximum Gasteiger partial charge on any atom is 0.241 e. The van der Waals surface area contributed by atoms with Crippen LogP contribution in [0, 0.1) is 13.8 Å². The first-order valence-corrected chi connectivity index (χ1v) is 9.78. The van der Waals surface area contributed by atoms with Gasteiger partial charge in [0.25, 0.3) is 0 Å². The number of benzene rings is 1. The van der Waals surface area contributed by atoms with E-state index in [2.05, 4.69) is 10.1 Å². The van der Waals surface area contributed by atoms with Crippen molar-refractivity contribution in [1.82, 2.24) is 4.72 Å². The molecule has 1 atom stereocenters. The van der Waals surface area contributed by atoms with Crippen LogP contribution in [0.15, 0.2) is 17.0 Å². The second-order valence-electron chi connectivity index (χ2n) is 5.20. The first kappa shape index (κ1) is 17.9. The molecule has 1 aromatic rings. The molecule has 0 aromatic heterocycles. The Morgan fingerprint density at radius 3 is 2.00 bits per heavy atom. The van der Waals surface area contributed by atoms with Gasteiger partial charge in [0.05, 0.1) is 10.6 Å². The SMILES string of the molecule is Cc1cc(NN)cc(C)c1S(=O)(=O)NC(C)CS(C)(=O)=O. The highest BCUT2D eigenvalue weighted by molar-refractivity contribution is 7.91. The quantitative estimate of drug-likeness (QED) is 0.508. The second kappa shape index (κ2) is 6.30. The van der Waals surface area contributed by atoms with Gasteiger partial charge < -0.3 is 5.43 Å². The zero-order chi connectivity index (χ0) is 16.4. The molecule has 4 N–H and O–H groups in total. The smallest absolute Gasteiger partial charge is 0.241 e. The minimum Gasteiger partial charge on any atom is -0.324 e. The molecule has 1 rings (SSSR count). The van der Waals surface area contributed by atoms with Crippen LogP contribution in [0.25, 0.3) is 0 Å². The monoisotopic (exact) mass is 335 g/mol. The number of anilines is 1. The highest BCUT2D eigenvalue weighted by Gasteiger charge is 2.23. The van der Waals surface area contributed by atoms with Crippen molar-refractivity contribution >= 4 is 25.5 Å². The third-order valence-electron chi connectivity index (χ3n) is 2.80. The first-order valence-electron chi connectivity index (χ1n) is 6.24. The molecule has 1 unspecified atom stereocenters. The number of aryl methyl sites for hydroxylation is 2. The van der Waals surface area contributed by atoms with Crippen LogP contribution in [0.2, 0.25) is 0 Å². The lowest BCUT2D eigenvalue weighted by molar-refractivity contribution is 0.563. The van der Waals surface area contributed by atoms with E-state index in [4.69, 9.17) is 5.84 Å². The third-order valence-corrected chi connectivity index (χ3v) is 5.80. The van der Waals surface area contributed by atoms with E-state index < -0.39 is 25.9 Å². The zero-order valence-corrected chi connectivity index (χ0v) is 14.1. The number of nitrogens with two attached hydrogens (primary N) is 1. The second-order valence-corrected chi connectivity index (χ2v) is 9.03. The fraction of sp³-hybridized carbons (Fsp3) is 0.500. The molecule has 0 bridgehead atoms. The van der Waals surface area contributed by atoms with E-state index in [1.165, 1.54) is 6.92 Å². The van der Waals surface area contributed by atoms with Crippen molar-refractivity contribution < 1.29 is 16.8 Å². The summed E-state index contributed by atoms with van der Waals surface area (Å²) in [5.74, 6) is 5.06. The number of hydrogen-bond donors (Lipinski definition) is 3. The van der Waals surface area contributed by atoms with E-state index in [9.17, 15) is 16.8 Å². The topological polar surface area (TPSA) is 118 Å². The number of nitrogen functional groups attached to an aromatic ring is 1. The van der Waals surface area contributed by atoms with E-state index in [0.717, 1.165) is 6.26 Å². The molecule has 0 radical (unpaired) electrons. The average molecular weight is 335 g/mol.